The lowest BCUT2D eigenvalue weighted by molar-refractivity contribution is -0.122. The van der Waals surface area contributed by atoms with E-state index in [-0.39, 0.29) is 16.7 Å². The molecule has 0 unspecified atom stereocenters. The van der Waals surface area contributed by atoms with E-state index in [2.05, 4.69) is 6.08 Å². The number of Topliss-reactive ketones (excluding diaryl/α,β-unsaturated/α-hetero) is 1. The summed E-state index contributed by atoms with van der Waals surface area (Å²) in [7, 11) is -4.17. The summed E-state index contributed by atoms with van der Waals surface area (Å²) in [5, 5.41) is 0. The zero-order valence-electron chi connectivity index (χ0n) is 13.3. The van der Waals surface area contributed by atoms with Crippen molar-refractivity contribution in [3.05, 3.63) is 41.0 Å². The Labute approximate surface area is 137 Å². The minimum atomic E-state index is -4.17. The van der Waals surface area contributed by atoms with Gasteiger partial charge in [0.05, 0.1) is 4.90 Å². The molecule has 0 aromatic heterocycles. The van der Waals surface area contributed by atoms with Crippen LogP contribution in [0.1, 0.15) is 56.1 Å². The van der Waals surface area contributed by atoms with Gasteiger partial charge in [0, 0.05) is 18.3 Å². The van der Waals surface area contributed by atoms with Gasteiger partial charge in [0.1, 0.15) is 5.78 Å². The second-order valence-electron chi connectivity index (χ2n) is 6.67. The summed E-state index contributed by atoms with van der Waals surface area (Å²) in [5.74, 6) is 0.713. The SMILES string of the molecule is C[C@H]1CC[C@H]2C(=CCc3cc(S(=O)(=O)O)ccc32)CCCC1=O. The molecule has 0 heterocycles. The summed E-state index contributed by atoms with van der Waals surface area (Å²) in [5.41, 5.74) is 3.49. The highest BCUT2D eigenvalue weighted by atomic mass is 32.2. The van der Waals surface area contributed by atoms with E-state index in [0.29, 0.717) is 18.6 Å². The van der Waals surface area contributed by atoms with Crippen molar-refractivity contribution in [3.8, 4) is 0 Å². The van der Waals surface area contributed by atoms with Crippen molar-refractivity contribution in [2.75, 3.05) is 0 Å². The lowest BCUT2D eigenvalue weighted by atomic mass is 9.77. The first-order valence-electron chi connectivity index (χ1n) is 8.18. The molecular formula is C18H22O4S. The zero-order valence-corrected chi connectivity index (χ0v) is 14.1. The smallest absolute Gasteiger partial charge is 0.294 e. The Bertz CT molecular complexity index is 761. The minimum absolute atomic E-state index is 0.0419. The molecule has 124 valence electrons. The average molecular weight is 334 g/mol. The lowest BCUT2D eigenvalue weighted by Gasteiger charge is -2.28. The van der Waals surface area contributed by atoms with Crippen molar-refractivity contribution >= 4 is 15.9 Å². The van der Waals surface area contributed by atoms with Gasteiger partial charge in [0.15, 0.2) is 0 Å². The van der Waals surface area contributed by atoms with Crippen LogP contribution in [0.15, 0.2) is 34.7 Å². The summed E-state index contributed by atoms with van der Waals surface area (Å²) < 4.78 is 31.9. The maximum atomic E-state index is 12.0. The fourth-order valence-corrected chi connectivity index (χ4v) is 4.28. The molecular weight excluding hydrogens is 312 g/mol. The highest BCUT2D eigenvalue weighted by Crippen LogP contribution is 2.40. The third kappa shape index (κ3) is 3.40. The van der Waals surface area contributed by atoms with Crippen molar-refractivity contribution in [2.45, 2.75) is 56.3 Å². The van der Waals surface area contributed by atoms with Gasteiger partial charge >= 0.3 is 0 Å². The van der Waals surface area contributed by atoms with Crippen LogP contribution in [-0.4, -0.2) is 18.8 Å². The Morgan fingerprint density at radius 2 is 1.96 bits per heavy atom. The molecule has 1 aromatic carbocycles. The van der Waals surface area contributed by atoms with Gasteiger partial charge in [-0.15, -0.1) is 0 Å². The number of hydrogen-bond acceptors (Lipinski definition) is 3. The molecule has 1 saturated carbocycles. The van der Waals surface area contributed by atoms with E-state index in [4.69, 9.17) is 0 Å². The predicted molar refractivity (Wildman–Crippen MR) is 88.0 cm³/mol. The highest BCUT2D eigenvalue weighted by molar-refractivity contribution is 7.85. The van der Waals surface area contributed by atoms with E-state index >= 15 is 0 Å². The van der Waals surface area contributed by atoms with Gasteiger partial charge in [0.2, 0.25) is 0 Å². The van der Waals surface area contributed by atoms with Crippen LogP contribution in [0.3, 0.4) is 0 Å². The molecule has 23 heavy (non-hydrogen) atoms. The van der Waals surface area contributed by atoms with Crippen molar-refractivity contribution < 1.29 is 17.8 Å². The average Bonchev–Trinajstić information content (AvgIpc) is 2.57. The highest BCUT2D eigenvalue weighted by Gasteiger charge is 2.27. The first-order chi connectivity index (χ1) is 10.9. The van der Waals surface area contributed by atoms with Crippen LogP contribution in [-0.2, 0) is 21.3 Å². The van der Waals surface area contributed by atoms with Crippen molar-refractivity contribution in [1.82, 2.24) is 0 Å². The van der Waals surface area contributed by atoms with E-state index < -0.39 is 10.1 Å². The molecule has 1 N–H and O–H groups in total. The molecule has 3 rings (SSSR count). The maximum absolute atomic E-state index is 12.0. The Hall–Kier alpha value is -1.46. The first-order valence-corrected chi connectivity index (χ1v) is 9.62. The molecule has 0 saturated heterocycles. The minimum Gasteiger partial charge on any atom is -0.299 e. The second-order valence-corrected chi connectivity index (χ2v) is 8.09. The van der Waals surface area contributed by atoms with E-state index in [1.54, 1.807) is 6.07 Å². The number of rotatable bonds is 1. The van der Waals surface area contributed by atoms with Crippen LogP contribution in [0.2, 0.25) is 0 Å². The van der Waals surface area contributed by atoms with E-state index in [9.17, 15) is 17.8 Å². The van der Waals surface area contributed by atoms with Gasteiger partial charge in [0.25, 0.3) is 10.1 Å². The third-order valence-electron chi connectivity index (χ3n) is 5.15. The lowest BCUT2D eigenvalue weighted by Crippen LogP contribution is -2.14. The summed E-state index contributed by atoms with van der Waals surface area (Å²) in [4.78, 5) is 12.0. The molecule has 1 fully saturated rings. The molecule has 0 bridgehead atoms. The largest absolute Gasteiger partial charge is 0.299 e. The topological polar surface area (TPSA) is 71.4 Å². The van der Waals surface area contributed by atoms with Crippen LogP contribution in [0.5, 0.6) is 0 Å². The standard InChI is InChI=1S/C18H22O4S/c1-12-5-9-16-13(3-2-4-18(12)19)6-7-14-11-15(23(20,21)22)8-10-17(14)16/h6,8,10-12,16H,2-5,7,9H2,1H3,(H,20,21,22)/t12-,16-/m0/s1. The normalized spacial score (nSPS) is 25.5. The van der Waals surface area contributed by atoms with Crippen molar-refractivity contribution in [1.29, 1.82) is 0 Å². The number of allylic oxidation sites excluding steroid dienone is 2. The number of fused-ring (bicyclic) bond motifs is 3. The van der Waals surface area contributed by atoms with Crippen LogP contribution in [0.4, 0.5) is 0 Å². The first kappa shape index (κ1) is 16.4. The predicted octanol–water partition coefficient (Wildman–Crippen LogP) is 3.67. The summed E-state index contributed by atoms with van der Waals surface area (Å²) in [6.45, 7) is 2.00. The van der Waals surface area contributed by atoms with E-state index in [1.165, 1.54) is 11.6 Å². The van der Waals surface area contributed by atoms with Gasteiger partial charge in [-0.1, -0.05) is 24.6 Å². The number of hydrogen-bond donors (Lipinski definition) is 1. The molecule has 5 heteroatoms. The van der Waals surface area contributed by atoms with Gasteiger partial charge in [-0.25, -0.2) is 0 Å². The summed E-state index contributed by atoms with van der Waals surface area (Å²) in [6.07, 6.45) is 7.12. The number of carbonyl (C=O) groups is 1. The second kappa shape index (κ2) is 6.21. The van der Waals surface area contributed by atoms with E-state index in [1.807, 2.05) is 13.0 Å². The third-order valence-corrected chi connectivity index (χ3v) is 6.00. The summed E-state index contributed by atoms with van der Waals surface area (Å²) >= 11 is 0. The van der Waals surface area contributed by atoms with Crippen LogP contribution < -0.4 is 0 Å². The van der Waals surface area contributed by atoms with Crippen molar-refractivity contribution in [3.63, 3.8) is 0 Å². The fraction of sp³-hybridized carbons (Fsp3) is 0.500. The van der Waals surface area contributed by atoms with Crippen LogP contribution >= 0.6 is 0 Å². The quantitative estimate of drug-likeness (QED) is 0.628. The number of carbonyl (C=O) groups excluding carboxylic acids is 1. The van der Waals surface area contributed by atoms with Gasteiger partial charge < -0.3 is 0 Å². The van der Waals surface area contributed by atoms with Gasteiger partial charge in [-0.2, -0.15) is 8.42 Å². The molecule has 2 aliphatic carbocycles. The van der Waals surface area contributed by atoms with Crippen LogP contribution in [0.25, 0.3) is 0 Å². The number of ketones is 1. The molecule has 2 aliphatic rings. The molecule has 0 radical (unpaired) electrons. The molecule has 0 spiro atoms. The van der Waals surface area contributed by atoms with Crippen molar-refractivity contribution in [2.24, 2.45) is 5.92 Å². The molecule has 1 aromatic rings. The number of benzene rings is 1. The van der Waals surface area contributed by atoms with E-state index in [0.717, 1.165) is 36.8 Å². The zero-order chi connectivity index (χ0) is 16.6. The van der Waals surface area contributed by atoms with Gasteiger partial charge in [-0.05, 0) is 55.4 Å². The Morgan fingerprint density at radius 1 is 1.17 bits per heavy atom. The fourth-order valence-electron chi connectivity index (χ4n) is 3.75. The Balaban J connectivity index is 1.95. The molecule has 4 nitrogen and oxygen atoms in total. The Morgan fingerprint density at radius 3 is 2.70 bits per heavy atom. The Kier molecular flexibility index (Phi) is 4.43. The molecule has 0 aliphatic heterocycles. The van der Waals surface area contributed by atoms with Gasteiger partial charge in [-0.3, -0.25) is 9.35 Å². The monoisotopic (exact) mass is 334 g/mol. The molecule has 2 atom stereocenters. The molecule has 0 amide bonds. The van der Waals surface area contributed by atoms with Crippen LogP contribution in [0, 0.1) is 5.92 Å². The maximum Gasteiger partial charge on any atom is 0.294 e. The summed E-state index contributed by atoms with van der Waals surface area (Å²) in [6, 6.07) is 4.90.